The van der Waals surface area contributed by atoms with Crippen molar-refractivity contribution in [1.82, 2.24) is 4.90 Å². The van der Waals surface area contributed by atoms with Gasteiger partial charge in [-0.1, -0.05) is 6.92 Å². The third-order valence-electron chi connectivity index (χ3n) is 2.86. The predicted molar refractivity (Wildman–Crippen MR) is 62.8 cm³/mol. The first-order valence-electron chi connectivity index (χ1n) is 6.00. The molecule has 1 heterocycles. The summed E-state index contributed by atoms with van der Waals surface area (Å²) in [6.45, 7) is 7.28. The van der Waals surface area contributed by atoms with Gasteiger partial charge < -0.3 is 9.84 Å². The molecule has 1 rings (SSSR count). The van der Waals surface area contributed by atoms with Gasteiger partial charge in [-0.3, -0.25) is 4.90 Å². The molecule has 1 aliphatic heterocycles. The highest BCUT2D eigenvalue weighted by Gasteiger charge is 2.41. The van der Waals surface area contributed by atoms with Crippen molar-refractivity contribution >= 4 is 12.1 Å². The van der Waals surface area contributed by atoms with E-state index in [0.29, 0.717) is 6.42 Å². The Bertz CT molecular complexity index is 308. The largest absolute Gasteiger partial charge is 0.480 e. The Labute approximate surface area is 102 Å². The molecular formula is C12H21NO4. The second-order valence-electron chi connectivity index (χ2n) is 5.38. The van der Waals surface area contributed by atoms with Gasteiger partial charge in [-0.15, -0.1) is 0 Å². The normalized spacial score (nSPS) is 24.8. The number of rotatable bonds is 2. The number of hydrogen-bond donors (Lipinski definition) is 1. The van der Waals surface area contributed by atoms with Crippen LogP contribution in [0, 0.1) is 0 Å². The summed E-state index contributed by atoms with van der Waals surface area (Å²) >= 11 is 0. The lowest BCUT2D eigenvalue weighted by atomic mass is 10.1. The quantitative estimate of drug-likeness (QED) is 0.807. The molecule has 5 heteroatoms. The molecule has 0 aliphatic carbocycles. The van der Waals surface area contributed by atoms with Crippen LogP contribution in [0.1, 0.15) is 47.0 Å². The Hall–Kier alpha value is -1.26. The summed E-state index contributed by atoms with van der Waals surface area (Å²) in [5, 5.41) is 9.09. The topological polar surface area (TPSA) is 66.8 Å². The van der Waals surface area contributed by atoms with Crippen molar-refractivity contribution in [3.8, 4) is 0 Å². The molecule has 17 heavy (non-hydrogen) atoms. The fourth-order valence-electron chi connectivity index (χ4n) is 2.12. The molecule has 1 saturated heterocycles. The van der Waals surface area contributed by atoms with E-state index in [9.17, 15) is 9.59 Å². The zero-order chi connectivity index (χ0) is 13.2. The average molecular weight is 243 g/mol. The molecular weight excluding hydrogens is 222 g/mol. The monoisotopic (exact) mass is 243 g/mol. The molecule has 1 amide bonds. The second kappa shape index (κ2) is 4.94. The Morgan fingerprint density at radius 2 is 1.94 bits per heavy atom. The molecule has 0 aromatic heterocycles. The highest BCUT2D eigenvalue weighted by molar-refractivity contribution is 5.81. The minimum Gasteiger partial charge on any atom is -0.480 e. The van der Waals surface area contributed by atoms with Gasteiger partial charge >= 0.3 is 12.1 Å². The van der Waals surface area contributed by atoms with Crippen molar-refractivity contribution in [2.75, 3.05) is 0 Å². The number of carbonyl (C=O) groups excluding carboxylic acids is 1. The number of nitrogens with zero attached hydrogens (tertiary/aromatic N) is 1. The molecule has 1 fully saturated rings. The number of carboxylic acid groups (broad SMARTS) is 1. The SMILES string of the molecule is CCC1CCC(C(=O)O)N1C(=O)OC(C)(C)C. The molecule has 98 valence electrons. The van der Waals surface area contributed by atoms with Gasteiger partial charge in [0, 0.05) is 6.04 Å². The number of aliphatic carboxylic acids is 1. The standard InChI is InChI=1S/C12H21NO4/c1-5-8-6-7-9(10(14)15)13(8)11(16)17-12(2,3)4/h8-9H,5-7H2,1-4H3,(H,14,15). The average Bonchev–Trinajstić information content (AvgIpc) is 2.57. The first kappa shape index (κ1) is 13.8. The van der Waals surface area contributed by atoms with Gasteiger partial charge in [0.15, 0.2) is 0 Å². The van der Waals surface area contributed by atoms with Gasteiger partial charge in [0.25, 0.3) is 0 Å². The maximum Gasteiger partial charge on any atom is 0.411 e. The Kier molecular flexibility index (Phi) is 4.01. The number of carbonyl (C=O) groups is 2. The van der Waals surface area contributed by atoms with Crippen molar-refractivity contribution in [1.29, 1.82) is 0 Å². The van der Waals surface area contributed by atoms with Crippen molar-refractivity contribution in [3.05, 3.63) is 0 Å². The van der Waals surface area contributed by atoms with E-state index in [0.717, 1.165) is 12.8 Å². The number of likely N-dealkylation sites (tertiary alicyclic amines) is 1. The van der Waals surface area contributed by atoms with E-state index in [-0.39, 0.29) is 6.04 Å². The third kappa shape index (κ3) is 3.35. The van der Waals surface area contributed by atoms with Gasteiger partial charge in [-0.05, 0) is 40.0 Å². The Morgan fingerprint density at radius 1 is 1.35 bits per heavy atom. The van der Waals surface area contributed by atoms with Gasteiger partial charge in [0.2, 0.25) is 0 Å². The molecule has 0 spiro atoms. The van der Waals surface area contributed by atoms with E-state index in [1.165, 1.54) is 4.90 Å². The summed E-state index contributed by atoms with van der Waals surface area (Å²) in [4.78, 5) is 24.5. The maximum absolute atomic E-state index is 12.0. The number of hydrogen-bond acceptors (Lipinski definition) is 3. The van der Waals surface area contributed by atoms with Crippen LogP contribution < -0.4 is 0 Å². The van der Waals surface area contributed by atoms with Crippen LogP contribution in [-0.4, -0.2) is 39.8 Å². The van der Waals surface area contributed by atoms with Crippen LogP contribution in [0.5, 0.6) is 0 Å². The van der Waals surface area contributed by atoms with E-state index in [1.807, 2.05) is 6.92 Å². The summed E-state index contributed by atoms with van der Waals surface area (Å²) < 4.78 is 5.26. The summed E-state index contributed by atoms with van der Waals surface area (Å²) in [6.07, 6.45) is 1.47. The number of carboxylic acids is 1. The number of amides is 1. The molecule has 0 saturated carbocycles. The summed E-state index contributed by atoms with van der Waals surface area (Å²) in [6, 6.07) is -0.763. The van der Waals surface area contributed by atoms with E-state index in [1.54, 1.807) is 20.8 Å². The molecule has 2 unspecified atom stereocenters. The zero-order valence-electron chi connectivity index (χ0n) is 10.9. The lowest BCUT2D eigenvalue weighted by molar-refractivity contribution is -0.142. The third-order valence-corrected chi connectivity index (χ3v) is 2.86. The van der Waals surface area contributed by atoms with Crippen LogP contribution in [0.3, 0.4) is 0 Å². The smallest absolute Gasteiger partial charge is 0.411 e. The van der Waals surface area contributed by atoms with Gasteiger partial charge in [-0.2, -0.15) is 0 Å². The van der Waals surface area contributed by atoms with E-state index in [4.69, 9.17) is 9.84 Å². The fourth-order valence-corrected chi connectivity index (χ4v) is 2.12. The first-order valence-corrected chi connectivity index (χ1v) is 6.00. The molecule has 0 radical (unpaired) electrons. The van der Waals surface area contributed by atoms with Crippen molar-refractivity contribution in [2.24, 2.45) is 0 Å². The summed E-state index contributed by atoms with van der Waals surface area (Å²) in [5.74, 6) is -0.952. The van der Waals surface area contributed by atoms with Crippen LogP contribution in [0.2, 0.25) is 0 Å². The van der Waals surface area contributed by atoms with E-state index in [2.05, 4.69) is 0 Å². The van der Waals surface area contributed by atoms with Crippen LogP contribution in [-0.2, 0) is 9.53 Å². The van der Waals surface area contributed by atoms with Crippen molar-refractivity contribution in [3.63, 3.8) is 0 Å². The van der Waals surface area contributed by atoms with Gasteiger partial charge in [0.1, 0.15) is 11.6 Å². The Morgan fingerprint density at radius 3 is 2.35 bits per heavy atom. The minimum atomic E-state index is -0.952. The fraction of sp³-hybridized carbons (Fsp3) is 0.833. The maximum atomic E-state index is 12.0. The lowest BCUT2D eigenvalue weighted by Gasteiger charge is -2.30. The van der Waals surface area contributed by atoms with Crippen LogP contribution in [0.25, 0.3) is 0 Å². The van der Waals surface area contributed by atoms with E-state index < -0.39 is 23.7 Å². The van der Waals surface area contributed by atoms with Crippen molar-refractivity contribution < 1.29 is 19.4 Å². The van der Waals surface area contributed by atoms with Gasteiger partial charge in [-0.25, -0.2) is 9.59 Å². The highest BCUT2D eigenvalue weighted by atomic mass is 16.6. The second-order valence-corrected chi connectivity index (χ2v) is 5.38. The molecule has 0 bridgehead atoms. The Balaban J connectivity index is 2.82. The predicted octanol–water partition coefficient (Wildman–Crippen LogP) is 2.25. The highest BCUT2D eigenvalue weighted by Crippen LogP contribution is 2.28. The minimum absolute atomic E-state index is 0.0223. The van der Waals surface area contributed by atoms with Crippen LogP contribution >= 0.6 is 0 Å². The molecule has 5 nitrogen and oxygen atoms in total. The zero-order valence-corrected chi connectivity index (χ0v) is 10.9. The molecule has 0 aromatic carbocycles. The molecule has 0 aromatic rings. The molecule has 1 aliphatic rings. The number of ether oxygens (including phenoxy) is 1. The van der Waals surface area contributed by atoms with Gasteiger partial charge in [0.05, 0.1) is 0 Å². The first-order chi connectivity index (χ1) is 7.76. The molecule has 1 N–H and O–H groups in total. The summed E-state index contributed by atoms with van der Waals surface area (Å²) in [7, 11) is 0. The van der Waals surface area contributed by atoms with Crippen LogP contribution in [0.15, 0.2) is 0 Å². The van der Waals surface area contributed by atoms with Crippen LogP contribution in [0.4, 0.5) is 4.79 Å². The van der Waals surface area contributed by atoms with Crippen molar-refractivity contribution in [2.45, 2.75) is 64.6 Å². The molecule has 2 atom stereocenters. The lowest BCUT2D eigenvalue weighted by Crippen LogP contribution is -2.47. The summed E-state index contributed by atoms with van der Waals surface area (Å²) in [5.41, 5.74) is -0.596. The van der Waals surface area contributed by atoms with E-state index >= 15 is 0 Å².